The minimum Gasteiger partial charge on any atom is -0.404 e. The van der Waals surface area contributed by atoms with E-state index < -0.39 is 6.36 Å². The van der Waals surface area contributed by atoms with Gasteiger partial charge in [0.15, 0.2) is 0 Å². The van der Waals surface area contributed by atoms with Gasteiger partial charge in [0.1, 0.15) is 5.75 Å². The molecule has 2 nitrogen and oxygen atoms in total. The van der Waals surface area contributed by atoms with Crippen LogP contribution in [-0.2, 0) is 5.33 Å². The van der Waals surface area contributed by atoms with Gasteiger partial charge >= 0.3 is 6.36 Å². The van der Waals surface area contributed by atoms with Crippen LogP contribution in [0.25, 0.3) is 0 Å². The highest BCUT2D eigenvalue weighted by Crippen LogP contribution is 2.33. The van der Waals surface area contributed by atoms with Gasteiger partial charge in [-0.25, -0.2) is 0 Å². The van der Waals surface area contributed by atoms with Crippen LogP contribution >= 0.6 is 38.5 Å². The molecule has 0 aliphatic rings. The van der Waals surface area contributed by atoms with Crippen molar-refractivity contribution in [1.82, 2.24) is 4.98 Å². The Kier molecular flexibility index (Phi) is 4.21. The van der Waals surface area contributed by atoms with Crippen LogP contribution in [0.3, 0.4) is 0 Å². The highest BCUT2D eigenvalue weighted by molar-refractivity contribution is 14.1. The van der Waals surface area contributed by atoms with E-state index in [1.165, 1.54) is 6.20 Å². The quantitative estimate of drug-likeness (QED) is 0.561. The summed E-state index contributed by atoms with van der Waals surface area (Å²) < 4.78 is 40.6. The van der Waals surface area contributed by atoms with E-state index in [0.717, 1.165) is 0 Å². The molecule has 0 amide bonds. The molecule has 7 heteroatoms. The third-order valence-electron chi connectivity index (χ3n) is 1.65. The second-order valence-corrected chi connectivity index (χ2v) is 4.40. The molecular formula is C8H6BrF3INO. The number of hydrogen-bond acceptors (Lipinski definition) is 2. The van der Waals surface area contributed by atoms with Crippen molar-refractivity contribution in [2.24, 2.45) is 0 Å². The highest BCUT2D eigenvalue weighted by Gasteiger charge is 2.33. The Balaban J connectivity index is 3.20. The summed E-state index contributed by atoms with van der Waals surface area (Å²) in [7, 11) is 0. The van der Waals surface area contributed by atoms with E-state index in [-0.39, 0.29) is 11.1 Å². The van der Waals surface area contributed by atoms with Crippen molar-refractivity contribution in [3.63, 3.8) is 0 Å². The number of rotatable bonds is 2. The maximum absolute atomic E-state index is 12.1. The zero-order valence-electron chi connectivity index (χ0n) is 7.53. The molecule has 0 saturated heterocycles. The predicted octanol–water partition coefficient (Wildman–Crippen LogP) is 3.79. The van der Waals surface area contributed by atoms with Crippen molar-refractivity contribution in [1.29, 1.82) is 0 Å². The molecule has 1 heterocycles. The number of aryl methyl sites for hydroxylation is 1. The summed E-state index contributed by atoms with van der Waals surface area (Å²) in [5.41, 5.74) is 0.936. The van der Waals surface area contributed by atoms with Gasteiger partial charge in [-0.05, 0) is 29.5 Å². The van der Waals surface area contributed by atoms with Gasteiger partial charge in [0.05, 0.1) is 3.57 Å². The Bertz CT molecular complexity index is 370. The van der Waals surface area contributed by atoms with Gasteiger partial charge < -0.3 is 4.74 Å². The Morgan fingerprint density at radius 1 is 1.53 bits per heavy atom. The molecule has 0 aliphatic carbocycles. The number of alkyl halides is 4. The van der Waals surface area contributed by atoms with Crippen LogP contribution in [0.2, 0.25) is 0 Å². The normalized spacial score (nSPS) is 11.6. The molecule has 84 valence electrons. The van der Waals surface area contributed by atoms with Crippen molar-refractivity contribution < 1.29 is 17.9 Å². The molecule has 0 atom stereocenters. The van der Waals surface area contributed by atoms with Gasteiger partial charge in [-0.2, -0.15) is 0 Å². The molecule has 0 fully saturated rings. The van der Waals surface area contributed by atoms with Crippen LogP contribution in [0.4, 0.5) is 13.2 Å². The fraction of sp³-hybridized carbons (Fsp3) is 0.375. The first-order valence-electron chi connectivity index (χ1n) is 3.81. The molecule has 1 rings (SSSR count). The maximum Gasteiger partial charge on any atom is 0.573 e. The molecule has 0 spiro atoms. The van der Waals surface area contributed by atoms with E-state index in [4.69, 9.17) is 0 Å². The summed E-state index contributed by atoms with van der Waals surface area (Å²) in [6.07, 6.45) is -3.33. The lowest BCUT2D eigenvalue weighted by atomic mass is 10.2. The maximum atomic E-state index is 12.1. The first-order chi connectivity index (χ1) is 6.85. The average Bonchev–Trinajstić information content (AvgIpc) is 2.10. The van der Waals surface area contributed by atoms with Crippen LogP contribution in [0.5, 0.6) is 5.75 Å². The largest absolute Gasteiger partial charge is 0.573 e. The zero-order valence-corrected chi connectivity index (χ0v) is 11.3. The Morgan fingerprint density at radius 3 is 2.60 bits per heavy atom. The Labute approximate surface area is 106 Å². The number of aromatic nitrogens is 1. The lowest BCUT2D eigenvalue weighted by molar-refractivity contribution is -0.275. The fourth-order valence-corrected chi connectivity index (χ4v) is 2.22. The van der Waals surface area contributed by atoms with E-state index >= 15 is 0 Å². The molecule has 1 aromatic heterocycles. The first-order valence-corrected chi connectivity index (χ1v) is 6.01. The van der Waals surface area contributed by atoms with Gasteiger partial charge in [-0.1, -0.05) is 15.9 Å². The Morgan fingerprint density at radius 2 is 2.13 bits per heavy atom. The van der Waals surface area contributed by atoms with Crippen molar-refractivity contribution in [2.75, 3.05) is 0 Å². The summed E-state index contributed by atoms with van der Waals surface area (Å²) in [4.78, 5) is 3.96. The van der Waals surface area contributed by atoms with E-state index in [9.17, 15) is 13.2 Å². The number of halogens is 5. The van der Waals surface area contributed by atoms with Crippen LogP contribution in [0.1, 0.15) is 11.3 Å². The number of nitrogens with zero attached hydrogens (tertiary/aromatic N) is 1. The van der Waals surface area contributed by atoms with Crippen LogP contribution in [-0.4, -0.2) is 11.3 Å². The van der Waals surface area contributed by atoms with Gasteiger partial charge in [0, 0.05) is 22.8 Å². The number of ether oxygens (including phenoxy) is 1. The monoisotopic (exact) mass is 395 g/mol. The van der Waals surface area contributed by atoms with Crippen LogP contribution in [0, 0.1) is 10.5 Å². The van der Waals surface area contributed by atoms with Gasteiger partial charge in [0.2, 0.25) is 0 Å². The van der Waals surface area contributed by atoms with Crippen LogP contribution < -0.4 is 4.74 Å². The predicted molar refractivity (Wildman–Crippen MR) is 61.0 cm³/mol. The zero-order chi connectivity index (χ0) is 11.6. The molecule has 1 aromatic rings. The Hall–Kier alpha value is -0.0500. The van der Waals surface area contributed by atoms with Crippen molar-refractivity contribution in [2.45, 2.75) is 18.6 Å². The third kappa shape index (κ3) is 3.47. The summed E-state index contributed by atoms with van der Waals surface area (Å²) in [6, 6.07) is 0. The molecule has 15 heavy (non-hydrogen) atoms. The summed E-state index contributed by atoms with van der Waals surface area (Å²) in [5.74, 6) is -0.174. The molecule has 0 aromatic carbocycles. The third-order valence-corrected chi connectivity index (χ3v) is 2.98. The molecular weight excluding hydrogens is 390 g/mol. The number of hydrogen-bond donors (Lipinski definition) is 0. The van der Waals surface area contributed by atoms with Crippen molar-refractivity contribution in [3.8, 4) is 5.75 Å². The second kappa shape index (κ2) is 4.86. The number of pyridine rings is 1. The standard InChI is InChI=1S/C8H6BrF3INO/c1-4-5(2-9)7(6(13)3-14-4)15-8(10,11)12/h3H,2H2,1H3. The van der Waals surface area contributed by atoms with Crippen LogP contribution in [0.15, 0.2) is 6.20 Å². The van der Waals surface area contributed by atoms with E-state index in [2.05, 4.69) is 25.7 Å². The van der Waals surface area contributed by atoms with Gasteiger partial charge in [-0.15, -0.1) is 13.2 Å². The highest BCUT2D eigenvalue weighted by atomic mass is 127. The lowest BCUT2D eigenvalue weighted by Crippen LogP contribution is -2.19. The van der Waals surface area contributed by atoms with Crippen molar-refractivity contribution >= 4 is 38.5 Å². The molecule has 0 unspecified atom stereocenters. The smallest absolute Gasteiger partial charge is 0.404 e. The van der Waals surface area contributed by atoms with Crippen molar-refractivity contribution in [3.05, 3.63) is 21.0 Å². The summed E-state index contributed by atoms with van der Waals surface area (Å²) in [6.45, 7) is 1.63. The molecule has 0 N–H and O–H groups in total. The summed E-state index contributed by atoms with van der Waals surface area (Å²) >= 11 is 4.87. The minimum absolute atomic E-state index is 0.174. The molecule has 0 saturated carbocycles. The van der Waals surface area contributed by atoms with Gasteiger partial charge in [-0.3, -0.25) is 4.98 Å². The first kappa shape index (κ1) is 13.0. The van der Waals surface area contributed by atoms with Gasteiger partial charge in [0.25, 0.3) is 0 Å². The topological polar surface area (TPSA) is 22.1 Å². The van der Waals surface area contributed by atoms with E-state index in [0.29, 0.717) is 14.8 Å². The van der Waals surface area contributed by atoms with E-state index in [1.54, 1.807) is 29.5 Å². The molecule has 0 aliphatic heterocycles. The molecule has 0 bridgehead atoms. The lowest BCUT2D eigenvalue weighted by Gasteiger charge is -2.14. The molecule has 0 radical (unpaired) electrons. The SMILES string of the molecule is Cc1ncc(I)c(OC(F)(F)F)c1CBr. The van der Waals surface area contributed by atoms with E-state index in [1.807, 2.05) is 0 Å². The minimum atomic E-state index is -4.68. The summed E-state index contributed by atoms with van der Waals surface area (Å²) in [5, 5.41) is 0.272. The second-order valence-electron chi connectivity index (χ2n) is 2.68. The fourth-order valence-electron chi connectivity index (χ4n) is 0.982. The average molecular weight is 396 g/mol.